The average Bonchev–Trinajstić information content (AvgIpc) is 3.31. The van der Waals surface area contributed by atoms with Crippen molar-refractivity contribution in [2.24, 2.45) is 16.8 Å². The topological polar surface area (TPSA) is 54.7 Å². The Hall–Kier alpha value is -1.61. The van der Waals surface area contributed by atoms with E-state index in [-0.39, 0.29) is 30.1 Å². The lowest BCUT2D eigenvalue weighted by Gasteiger charge is -2.40. The van der Waals surface area contributed by atoms with Crippen LogP contribution in [0.2, 0.25) is 0 Å². The normalized spacial score (nSPS) is 26.9. The summed E-state index contributed by atoms with van der Waals surface area (Å²) in [7, 11) is 1.89. The van der Waals surface area contributed by atoms with Gasteiger partial charge in [-0.25, -0.2) is 4.98 Å². The fourth-order valence-corrected chi connectivity index (χ4v) is 4.83. The number of nitrogens with zero attached hydrogens (tertiary/aromatic N) is 4. The van der Waals surface area contributed by atoms with Gasteiger partial charge in [-0.2, -0.15) is 0 Å². The summed E-state index contributed by atoms with van der Waals surface area (Å²) in [6.07, 6.45) is 9.49. The number of piperidine rings is 1. The molecule has 31 heavy (non-hydrogen) atoms. The van der Waals surface area contributed by atoms with Gasteiger partial charge in [-0.3, -0.25) is 4.99 Å². The molecule has 2 aliphatic rings. The number of halogens is 1. The van der Waals surface area contributed by atoms with Crippen molar-refractivity contribution in [1.82, 2.24) is 19.8 Å². The van der Waals surface area contributed by atoms with Gasteiger partial charge in [0, 0.05) is 51.6 Å². The summed E-state index contributed by atoms with van der Waals surface area (Å²) in [6, 6.07) is 9.23. The quantitative estimate of drug-likeness (QED) is 0.356. The summed E-state index contributed by atoms with van der Waals surface area (Å²) in [5.74, 6) is 2.08. The first kappa shape index (κ1) is 24.0. The molecule has 3 heterocycles. The number of aromatic nitrogens is 2. The number of likely N-dealkylation sites (tertiary alicyclic amines) is 1. The van der Waals surface area contributed by atoms with Gasteiger partial charge in [0.1, 0.15) is 0 Å². The Labute approximate surface area is 203 Å². The van der Waals surface area contributed by atoms with Crippen molar-refractivity contribution in [1.29, 1.82) is 0 Å². The highest BCUT2D eigenvalue weighted by atomic mass is 127. The summed E-state index contributed by atoms with van der Waals surface area (Å²) in [5.41, 5.74) is 2.57. The molecular weight excluding hydrogens is 501 g/mol. The summed E-state index contributed by atoms with van der Waals surface area (Å²) >= 11 is 0. The number of hydrogen-bond acceptors (Lipinski definition) is 3. The number of rotatable bonds is 4. The summed E-state index contributed by atoms with van der Waals surface area (Å²) < 4.78 is 8.45. The average molecular weight is 537 g/mol. The third kappa shape index (κ3) is 5.80. The molecular formula is C24H36IN5O. The fraction of sp³-hybridized carbons (Fsp3) is 0.583. The van der Waals surface area contributed by atoms with Crippen molar-refractivity contribution in [2.45, 2.75) is 45.3 Å². The fourth-order valence-electron chi connectivity index (χ4n) is 4.83. The van der Waals surface area contributed by atoms with Crippen LogP contribution in [0, 0.1) is 18.8 Å². The molecule has 1 aromatic heterocycles. The largest absolute Gasteiger partial charge is 0.373 e. The second-order valence-electron chi connectivity index (χ2n) is 8.82. The van der Waals surface area contributed by atoms with Gasteiger partial charge < -0.3 is 19.5 Å². The van der Waals surface area contributed by atoms with Gasteiger partial charge >= 0.3 is 0 Å². The molecule has 1 aromatic carbocycles. The number of aliphatic imine (C=N–C) groups is 1. The van der Waals surface area contributed by atoms with Gasteiger partial charge in [0.05, 0.1) is 18.5 Å². The van der Waals surface area contributed by atoms with Gasteiger partial charge in [-0.1, -0.05) is 36.8 Å². The Morgan fingerprint density at radius 3 is 2.77 bits per heavy atom. The Morgan fingerprint density at radius 2 is 2.06 bits per heavy atom. The molecule has 6 nitrogen and oxygen atoms in total. The van der Waals surface area contributed by atoms with Gasteiger partial charge in [-0.15, -0.1) is 24.0 Å². The van der Waals surface area contributed by atoms with E-state index >= 15 is 0 Å². The summed E-state index contributed by atoms with van der Waals surface area (Å²) in [6.45, 7) is 8.19. The van der Waals surface area contributed by atoms with Crippen LogP contribution in [0.25, 0.3) is 0 Å². The van der Waals surface area contributed by atoms with Crippen molar-refractivity contribution in [3.05, 3.63) is 54.1 Å². The third-order valence-corrected chi connectivity index (χ3v) is 6.71. The van der Waals surface area contributed by atoms with Gasteiger partial charge in [0.2, 0.25) is 0 Å². The monoisotopic (exact) mass is 537 g/mol. The molecule has 0 bridgehead atoms. The number of benzene rings is 1. The summed E-state index contributed by atoms with van der Waals surface area (Å²) in [5, 5.41) is 3.67. The van der Waals surface area contributed by atoms with Crippen LogP contribution in [0.1, 0.15) is 49.5 Å². The van der Waals surface area contributed by atoms with E-state index in [9.17, 15) is 0 Å². The van der Waals surface area contributed by atoms with Crippen LogP contribution in [0.3, 0.4) is 0 Å². The Balaban J connectivity index is 0.00000272. The van der Waals surface area contributed by atoms with Gasteiger partial charge in [0.25, 0.3) is 0 Å². The minimum absolute atomic E-state index is 0. The number of hydrogen-bond donors (Lipinski definition) is 1. The zero-order valence-electron chi connectivity index (χ0n) is 18.9. The molecule has 0 aliphatic carbocycles. The highest BCUT2D eigenvalue weighted by Gasteiger charge is 2.31. The Morgan fingerprint density at radius 1 is 1.26 bits per heavy atom. The molecule has 4 unspecified atom stereocenters. The maximum atomic E-state index is 6.20. The van der Waals surface area contributed by atoms with E-state index in [1.165, 1.54) is 17.5 Å². The lowest BCUT2D eigenvalue weighted by molar-refractivity contribution is -0.0267. The third-order valence-electron chi connectivity index (χ3n) is 6.71. The second-order valence-corrected chi connectivity index (χ2v) is 8.82. The highest BCUT2D eigenvalue weighted by Crippen LogP contribution is 2.33. The van der Waals surface area contributed by atoms with Crippen LogP contribution in [-0.2, 0) is 4.74 Å². The van der Waals surface area contributed by atoms with Crippen LogP contribution >= 0.6 is 24.0 Å². The van der Waals surface area contributed by atoms with Crippen LogP contribution < -0.4 is 5.32 Å². The zero-order chi connectivity index (χ0) is 20.9. The Kier molecular flexibility index (Phi) is 8.77. The number of nitrogens with one attached hydrogen (secondary N) is 1. The molecule has 1 N–H and O–H groups in total. The molecule has 2 aromatic rings. The SMILES string of the molecule is CN=C(NCC1CCCOC1c1ccc(C)cc1)N1CCC(C)C(n2ccnc2)C1.I. The first-order chi connectivity index (χ1) is 14.7. The van der Waals surface area contributed by atoms with Crippen LogP contribution in [0.4, 0.5) is 0 Å². The lowest BCUT2D eigenvalue weighted by atomic mass is 9.89. The predicted octanol–water partition coefficient (Wildman–Crippen LogP) is 4.44. The minimum atomic E-state index is 0. The number of aryl methyl sites for hydroxylation is 1. The van der Waals surface area contributed by atoms with Crippen LogP contribution in [-0.4, -0.2) is 53.7 Å². The van der Waals surface area contributed by atoms with E-state index in [0.29, 0.717) is 17.9 Å². The number of ether oxygens (including phenoxy) is 1. The molecule has 4 rings (SSSR count). The first-order valence-electron chi connectivity index (χ1n) is 11.3. The molecule has 0 amide bonds. The Bertz CT molecular complexity index is 823. The van der Waals surface area contributed by atoms with E-state index in [2.05, 4.69) is 69.1 Å². The number of guanidine groups is 1. The first-order valence-corrected chi connectivity index (χ1v) is 11.3. The second kappa shape index (κ2) is 11.3. The minimum Gasteiger partial charge on any atom is -0.373 e. The summed E-state index contributed by atoms with van der Waals surface area (Å²) in [4.78, 5) is 11.3. The molecule has 0 saturated carbocycles. The lowest BCUT2D eigenvalue weighted by Crippen LogP contribution is -2.50. The standard InChI is InChI=1S/C24H35N5O.HI/c1-18-6-8-20(9-7-18)23-21(5-4-14-30-23)15-27-24(25-3)28-12-10-19(2)22(16-28)29-13-11-26-17-29;/h6-9,11,13,17,19,21-23H,4-5,10,12,14-16H2,1-3H3,(H,25,27);1H. The molecule has 170 valence electrons. The smallest absolute Gasteiger partial charge is 0.193 e. The van der Waals surface area contributed by atoms with E-state index in [1.54, 1.807) is 0 Å². The molecule has 4 atom stereocenters. The van der Waals surface area contributed by atoms with Crippen molar-refractivity contribution >= 4 is 29.9 Å². The molecule has 2 aliphatic heterocycles. The van der Waals surface area contributed by atoms with Crippen molar-refractivity contribution in [3.63, 3.8) is 0 Å². The van der Waals surface area contributed by atoms with Crippen LogP contribution in [0.15, 0.2) is 48.0 Å². The molecule has 2 saturated heterocycles. The van der Waals surface area contributed by atoms with E-state index in [4.69, 9.17) is 4.74 Å². The van der Waals surface area contributed by atoms with E-state index in [1.807, 2.05) is 19.6 Å². The molecule has 0 radical (unpaired) electrons. The van der Waals surface area contributed by atoms with Crippen molar-refractivity contribution in [3.8, 4) is 0 Å². The maximum Gasteiger partial charge on any atom is 0.193 e. The number of imidazole rings is 1. The van der Waals surface area contributed by atoms with Gasteiger partial charge in [0.15, 0.2) is 5.96 Å². The van der Waals surface area contributed by atoms with Crippen LogP contribution in [0.5, 0.6) is 0 Å². The van der Waals surface area contributed by atoms with Crippen molar-refractivity contribution in [2.75, 3.05) is 33.3 Å². The van der Waals surface area contributed by atoms with Crippen molar-refractivity contribution < 1.29 is 4.74 Å². The van der Waals surface area contributed by atoms with E-state index < -0.39 is 0 Å². The molecule has 7 heteroatoms. The van der Waals surface area contributed by atoms with Gasteiger partial charge in [-0.05, 0) is 37.7 Å². The zero-order valence-corrected chi connectivity index (χ0v) is 21.2. The predicted molar refractivity (Wildman–Crippen MR) is 136 cm³/mol. The van der Waals surface area contributed by atoms with E-state index in [0.717, 1.165) is 45.0 Å². The molecule has 2 fully saturated rings. The molecule has 0 spiro atoms. The highest BCUT2D eigenvalue weighted by molar-refractivity contribution is 14.0. The maximum absolute atomic E-state index is 6.20.